The molecule has 1 nitrogen and oxygen atoms in total. The summed E-state index contributed by atoms with van der Waals surface area (Å²) in [6.45, 7) is 1.10. The second kappa shape index (κ2) is 5.36. The highest BCUT2D eigenvalue weighted by atomic mass is 35.5. The van der Waals surface area contributed by atoms with Gasteiger partial charge in [0, 0.05) is 17.0 Å². The molecular weight excluding hydrogens is 297 g/mol. The standard InChI is InChI=1S/C19H19ClFN/c1-22-10-4-6-15-18(14-5-2-3-7-17(14)21)16-11-12(20)8-9-13(16)19(15)22/h2-3,5,7-9,11,15,18-19H,4,6,10H2,1H3. The quantitative estimate of drug-likeness (QED) is 0.715. The number of benzene rings is 2. The van der Waals surface area contributed by atoms with Crippen molar-refractivity contribution in [3.05, 3.63) is 70.0 Å². The van der Waals surface area contributed by atoms with Crippen molar-refractivity contribution in [2.45, 2.75) is 24.8 Å². The van der Waals surface area contributed by atoms with Gasteiger partial charge in [0.1, 0.15) is 5.82 Å². The average molecular weight is 316 g/mol. The van der Waals surface area contributed by atoms with E-state index in [1.807, 2.05) is 24.3 Å². The Bertz CT molecular complexity index is 714. The van der Waals surface area contributed by atoms with Gasteiger partial charge >= 0.3 is 0 Å². The number of halogens is 2. The first-order chi connectivity index (χ1) is 10.7. The van der Waals surface area contributed by atoms with E-state index in [0.29, 0.717) is 12.0 Å². The van der Waals surface area contributed by atoms with Gasteiger partial charge in [0.05, 0.1) is 0 Å². The van der Waals surface area contributed by atoms with Crippen LogP contribution in [0.4, 0.5) is 4.39 Å². The van der Waals surface area contributed by atoms with Gasteiger partial charge in [-0.15, -0.1) is 0 Å². The van der Waals surface area contributed by atoms with Crippen LogP contribution in [0.5, 0.6) is 0 Å². The molecule has 3 atom stereocenters. The fourth-order valence-corrected chi connectivity index (χ4v) is 4.64. The second-order valence-corrected chi connectivity index (χ2v) is 6.94. The maximum absolute atomic E-state index is 14.4. The van der Waals surface area contributed by atoms with Crippen LogP contribution in [-0.2, 0) is 0 Å². The van der Waals surface area contributed by atoms with Gasteiger partial charge in [-0.25, -0.2) is 4.39 Å². The van der Waals surface area contributed by atoms with Gasteiger partial charge in [0.2, 0.25) is 0 Å². The van der Waals surface area contributed by atoms with Crippen molar-refractivity contribution in [3.63, 3.8) is 0 Å². The molecule has 22 heavy (non-hydrogen) atoms. The molecule has 1 aliphatic carbocycles. The fraction of sp³-hybridized carbons (Fsp3) is 0.368. The summed E-state index contributed by atoms with van der Waals surface area (Å²) in [5, 5.41) is 0.737. The van der Waals surface area contributed by atoms with Gasteiger partial charge in [0.25, 0.3) is 0 Å². The summed E-state index contributed by atoms with van der Waals surface area (Å²) in [5.41, 5.74) is 3.35. The van der Waals surface area contributed by atoms with E-state index in [1.54, 1.807) is 12.1 Å². The molecular formula is C19H19ClFN. The van der Waals surface area contributed by atoms with E-state index in [4.69, 9.17) is 11.6 Å². The van der Waals surface area contributed by atoms with Gasteiger partial charge in [0.15, 0.2) is 0 Å². The number of likely N-dealkylation sites (tertiary alicyclic amines) is 1. The maximum atomic E-state index is 14.4. The molecule has 2 aromatic carbocycles. The minimum absolute atomic E-state index is 0.104. The molecule has 0 bridgehead atoms. The molecule has 1 fully saturated rings. The monoisotopic (exact) mass is 315 g/mol. The van der Waals surface area contributed by atoms with E-state index in [-0.39, 0.29) is 11.7 Å². The van der Waals surface area contributed by atoms with Crippen LogP contribution >= 0.6 is 11.6 Å². The minimum Gasteiger partial charge on any atom is -0.299 e. The largest absolute Gasteiger partial charge is 0.299 e. The maximum Gasteiger partial charge on any atom is 0.127 e. The van der Waals surface area contributed by atoms with Crippen LogP contribution in [0.15, 0.2) is 42.5 Å². The number of fused-ring (bicyclic) bond motifs is 3. The molecule has 0 radical (unpaired) electrons. The average Bonchev–Trinajstić information content (AvgIpc) is 2.82. The number of rotatable bonds is 1. The highest BCUT2D eigenvalue weighted by Crippen LogP contribution is 2.55. The summed E-state index contributed by atoms with van der Waals surface area (Å²) >= 11 is 6.24. The summed E-state index contributed by atoms with van der Waals surface area (Å²) in [6.07, 6.45) is 2.31. The molecule has 1 saturated heterocycles. The first-order valence-electron chi connectivity index (χ1n) is 7.91. The molecule has 2 aliphatic rings. The Morgan fingerprint density at radius 1 is 1.09 bits per heavy atom. The molecule has 0 N–H and O–H groups in total. The molecule has 1 heterocycles. The lowest BCUT2D eigenvalue weighted by Crippen LogP contribution is -2.35. The first kappa shape index (κ1) is 14.2. The normalized spacial score (nSPS) is 27.5. The third-order valence-corrected chi connectivity index (χ3v) is 5.53. The molecule has 4 rings (SSSR count). The predicted octanol–water partition coefficient (Wildman–Crippen LogP) is 5.01. The van der Waals surface area contributed by atoms with Gasteiger partial charge in [-0.05, 0) is 67.2 Å². The highest BCUT2D eigenvalue weighted by molar-refractivity contribution is 6.30. The van der Waals surface area contributed by atoms with Crippen molar-refractivity contribution in [2.24, 2.45) is 5.92 Å². The number of hydrogen-bond acceptors (Lipinski definition) is 1. The van der Waals surface area contributed by atoms with Crippen molar-refractivity contribution in [3.8, 4) is 0 Å². The van der Waals surface area contributed by atoms with Crippen LogP contribution in [0.1, 0.15) is 41.5 Å². The predicted molar refractivity (Wildman–Crippen MR) is 87.8 cm³/mol. The van der Waals surface area contributed by atoms with Crippen LogP contribution in [-0.4, -0.2) is 18.5 Å². The summed E-state index contributed by atoms with van der Waals surface area (Å²) in [5.74, 6) is 0.444. The van der Waals surface area contributed by atoms with E-state index in [0.717, 1.165) is 23.6 Å². The smallest absolute Gasteiger partial charge is 0.127 e. The molecule has 3 unspecified atom stereocenters. The van der Waals surface area contributed by atoms with Crippen molar-refractivity contribution in [1.82, 2.24) is 4.90 Å². The Labute approximate surface area is 135 Å². The zero-order chi connectivity index (χ0) is 15.3. The third-order valence-electron chi connectivity index (χ3n) is 5.30. The van der Waals surface area contributed by atoms with E-state index in [2.05, 4.69) is 18.0 Å². The third kappa shape index (κ3) is 2.09. The number of hydrogen-bond donors (Lipinski definition) is 0. The van der Waals surface area contributed by atoms with Gasteiger partial charge in [-0.1, -0.05) is 35.9 Å². The van der Waals surface area contributed by atoms with E-state index < -0.39 is 0 Å². The van der Waals surface area contributed by atoms with Crippen LogP contribution < -0.4 is 0 Å². The molecule has 0 saturated carbocycles. The molecule has 0 amide bonds. The zero-order valence-electron chi connectivity index (χ0n) is 12.6. The van der Waals surface area contributed by atoms with Crippen LogP contribution in [0.2, 0.25) is 5.02 Å². The molecule has 2 aromatic rings. The molecule has 0 aromatic heterocycles. The summed E-state index contributed by atoms with van der Waals surface area (Å²) in [7, 11) is 2.18. The van der Waals surface area contributed by atoms with Crippen LogP contribution in [0.25, 0.3) is 0 Å². The summed E-state index contributed by atoms with van der Waals surface area (Å²) in [4.78, 5) is 2.42. The van der Waals surface area contributed by atoms with Crippen LogP contribution in [0, 0.1) is 11.7 Å². The Morgan fingerprint density at radius 3 is 2.73 bits per heavy atom. The zero-order valence-corrected chi connectivity index (χ0v) is 13.4. The van der Waals surface area contributed by atoms with E-state index in [1.165, 1.54) is 17.5 Å². The Balaban J connectivity index is 1.91. The van der Waals surface area contributed by atoms with Crippen LogP contribution in [0.3, 0.4) is 0 Å². The van der Waals surface area contributed by atoms with E-state index >= 15 is 0 Å². The van der Waals surface area contributed by atoms with Crippen molar-refractivity contribution >= 4 is 11.6 Å². The minimum atomic E-state index is -0.104. The van der Waals surface area contributed by atoms with Gasteiger partial charge in [-0.2, -0.15) is 0 Å². The lowest BCUT2D eigenvalue weighted by atomic mass is 9.80. The Kier molecular flexibility index (Phi) is 3.47. The molecule has 1 aliphatic heterocycles. The highest BCUT2D eigenvalue weighted by Gasteiger charge is 2.45. The Hall–Kier alpha value is -1.38. The molecule has 3 heteroatoms. The fourth-order valence-electron chi connectivity index (χ4n) is 4.46. The lowest BCUT2D eigenvalue weighted by molar-refractivity contribution is 0.126. The first-order valence-corrected chi connectivity index (χ1v) is 8.28. The lowest BCUT2D eigenvalue weighted by Gasteiger charge is -2.37. The summed E-state index contributed by atoms with van der Waals surface area (Å²) in [6, 6.07) is 13.7. The summed E-state index contributed by atoms with van der Waals surface area (Å²) < 4.78 is 14.4. The SMILES string of the molecule is CN1CCCC2C(c3ccccc3F)c3cc(Cl)ccc3C21. The number of piperidine rings is 1. The Morgan fingerprint density at radius 2 is 1.91 bits per heavy atom. The number of nitrogens with zero attached hydrogens (tertiary/aromatic N) is 1. The molecule has 114 valence electrons. The van der Waals surface area contributed by atoms with Crippen molar-refractivity contribution < 1.29 is 4.39 Å². The van der Waals surface area contributed by atoms with Crippen molar-refractivity contribution in [2.75, 3.05) is 13.6 Å². The second-order valence-electron chi connectivity index (χ2n) is 6.50. The molecule has 0 spiro atoms. The topological polar surface area (TPSA) is 3.24 Å². The van der Waals surface area contributed by atoms with Gasteiger partial charge in [-0.3, -0.25) is 4.90 Å². The van der Waals surface area contributed by atoms with Crippen molar-refractivity contribution in [1.29, 1.82) is 0 Å². The van der Waals surface area contributed by atoms with Gasteiger partial charge < -0.3 is 0 Å². The van der Waals surface area contributed by atoms with E-state index in [9.17, 15) is 4.39 Å².